The number of para-hydroxylation sites is 1. The predicted molar refractivity (Wildman–Crippen MR) is 228 cm³/mol. The van der Waals surface area contributed by atoms with Gasteiger partial charge in [0.1, 0.15) is 0 Å². The minimum absolute atomic E-state index is 0.641. The van der Waals surface area contributed by atoms with E-state index in [9.17, 15) is 0 Å². The monoisotopic (exact) mass is 700 g/mol. The van der Waals surface area contributed by atoms with Crippen molar-refractivity contribution in [3.05, 3.63) is 194 Å². The van der Waals surface area contributed by atoms with Crippen LogP contribution < -0.4 is 0 Å². The number of hydrogen-bond acceptors (Lipinski definition) is 3. The van der Waals surface area contributed by atoms with Crippen LogP contribution in [0.1, 0.15) is 0 Å². The third-order valence-electron chi connectivity index (χ3n) is 10.8. The predicted octanol–water partition coefficient (Wildman–Crippen LogP) is 13.1. The number of nitrogens with zero attached hydrogens (tertiary/aromatic N) is 4. The Morgan fingerprint density at radius 3 is 1.38 bits per heavy atom. The number of rotatable bonds is 5. The van der Waals surface area contributed by atoms with Gasteiger partial charge in [-0.1, -0.05) is 164 Å². The van der Waals surface area contributed by atoms with Gasteiger partial charge in [-0.05, 0) is 68.2 Å². The van der Waals surface area contributed by atoms with E-state index in [2.05, 4.69) is 162 Å². The SMILES string of the molecule is c1ccc(-c2nc(-c3ccccc3)nc(-c3c(-c4ccc(-n5c6ccccc6c6cc7ccccc7cc65)cc4)c4ccccc4c4ccccc34)n2)cc1. The Bertz CT molecular complexity index is 3180. The van der Waals surface area contributed by atoms with E-state index < -0.39 is 0 Å². The van der Waals surface area contributed by atoms with Gasteiger partial charge in [0.2, 0.25) is 0 Å². The highest BCUT2D eigenvalue weighted by Gasteiger charge is 2.22. The summed E-state index contributed by atoms with van der Waals surface area (Å²) >= 11 is 0. The molecule has 4 heteroatoms. The molecule has 55 heavy (non-hydrogen) atoms. The molecule has 0 spiro atoms. The van der Waals surface area contributed by atoms with Crippen molar-refractivity contribution in [2.75, 3.05) is 0 Å². The normalized spacial score (nSPS) is 11.6. The van der Waals surface area contributed by atoms with Crippen molar-refractivity contribution >= 4 is 54.1 Å². The molecule has 0 radical (unpaired) electrons. The number of hydrogen-bond donors (Lipinski definition) is 0. The molecule has 0 amide bonds. The first kappa shape index (κ1) is 31.1. The van der Waals surface area contributed by atoms with Gasteiger partial charge < -0.3 is 4.57 Å². The van der Waals surface area contributed by atoms with E-state index in [0.717, 1.165) is 49.7 Å². The first-order chi connectivity index (χ1) is 27.3. The Kier molecular flexibility index (Phi) is 7.14. The van der Waals surface area contributed by atoms with Gasteiger partial charge in [-0.15, -0.1) is 0 Å². The first-order valence-electron chi connectivity index (χ1n) is 18.6. The zero-order valence-electron chi connectivity index (χ0n) is 29.8. The van der Waals surface area contributed by atoms with Crippen molar-refractivity contribution in [2.45, 2.75) is 0 Å². The van der Waals surface area contributed by atoms with E-state index in [0.29, 0.717) is 17.5 Å². The lowest BCUT2D eigenvalue weighted by molar-refractivity contribution is 1.08. The molecule has 256 valence electrons. The molecule has 0 fully saturated rings. The highest BCUT2D eigenvalue weighted by molar-refractivity contribution is 6.21. The summed E-state index contributed by atoms with van der Waals surface area (Å²) in [4.78, 5) is 15.6. The molecule has 0 unspecified atom stereocenters. The Hall–Kier alpha value is -7.43. The minimum Gasteiger partial charge on any atom is -0.309 e. The summed E-state index contributed by atoms with van der Waals surface area (Å²) in [6.45, 7) is 0. The van der Waals surface area contributed by atoms with Crippen LogP contribution in [0, 0.1) is 0 Å². The fourth-order valence-electron chi connectivity index (χ4n) is 8.30. The summed E-state index contributed by atoms with van der Waals surface area (Å²) < 4.78 is 2.39. The molecule has 0 aliphatic carbocycles. The van der Waals surface area contributed by atoms with Crippen LogP contribution >= 0.6 is 0 Å². The minimum atomic E-state index is 0.641. The molecule has 0 N–H and O–H groups in total. The summed E-state index contributed by atoms with van der Waals surface area (Å²) in [5, 5.41) is 9.56. The second kappa shape index (κ2) is 12.6. The number of aromatic nitrogens is 4. The first-order valence-corrected chi connectivity index (χ1v) is 18.6. The van der Waals surface area contributed by atoms with E-state index in [1.165, 1.54) is 38.0 Å². The van der Waals surface area contributed by atoms with Crippen molar-refractivity contribution in [1.82, 2.24) is 19.5 Å². The maximum Gasteiger partial charge on any atom is 0.165 e. The van der Waals surface area contributed by atoms with Crippen molar-refractivity contribution in [3.63, 3.8) is 0 Å². The summed E-state index contributed by atoms with van der Waals surface area (Å²) in [6, 6.07) is 68.7. The number of fused-ring (bicyclic) bond motifs is 7. The smallest absolute Gasteiger partial charge is 0.165 e. The van der Waals surface area contributed by atoms with Crippen LogP contribution in [0.15, 0.2) is 194 Å². The molecule has 0 aliphatic heterocycles. The van der Waals surface area contributed by atoms with Gasteiger partial charge in [0, 0.05) is 38.7 Å². The molecule has 11 rings (SSSR count). The van der Waals surface area contributed by atoms with Crippen LogP contribution in [0.4, 0.5) is 0 Å². The molecule has 0 saturated heterocycles. The fourth-order valence-corrected chi connectivity index (χ4v) is 8.30. The molecule has 0 saturated carbocycles. The second-order valence-corrected chi connectivity index (χ2v) is 14.0. The standard InChI is InChI=1S/C51H32N4/c1-3-15-34(16-4-1)49-52-50(35-17-5-2-6-18-35)54-51(53-49)48-43-25-12-10-22-40(43)39-21-9-11-24-42(39)47(48)33-27-29-38(30-28-33)55-45-26-14-13-23-41(45)44-31-36-19-7-8-20-37(36)32-46(44)55/h1-32H. The Morgan fingerprint density at radius 2 is 0.764 bits per heavy atom. The zero-order valence-corrected chi connectivity index (χ0v) is 29.8. The summed E-state index contributed by atoms with van der Waals surface area (Å²) in [5.74, 6) is 1.92. The van der Waals surface area contributed by atoms with Crippen LogP contribution in [0.3, 0.4) is 0 Å². The average molecular weight is 701 g/mol. The molecular formula is C51H32N4. The lowest BCUT2D eigenvalue weighted by atomic mass is 9.87. The van der Waals surface area contributed by atoms with Gasteiger partial charge in [0.15, 0.2) is 17.5 Å². The van der Waals surface area contributed by atoms with E-state index in [4.69, 9.17) is 15.0 Å². The van der Waals surface area contributed by atoms with E-state index in [1.54, 1.807) is 0 Å². The van der Waals surface area contributed by atoms with Gasteiger partial charge in [-0.3, -0.25) is 0 Å². The Labute approximate surface area is 317 Å². The van der Waals surface area contributed by atoms with Crippen LogP contribution in [0.25, 0.3) is 105 Å². The van der Waals surface area contributed by atoms with Gasteiger partial charge in [-0.2, -0.15) is 0 Å². The molecule has 4 nitrogen and oxygen atoms in total. The van der Waals surface area contributed by atoms with Crippen LogP contribution in [0.5, 0.6) is 0 Å². The fraction of sp³-hybridized carbons (Fsp3) is 0. The summed E-state index contributed by atoms with van der Waals surface area (Å²) in [6.07, 6.45) is 0. The molecule has 2 heterocycles. The van der Waals surface area contributed by atoms with Gasteiger partial charge in [0.25, 0.3) is 0 Å². The zero-order chi connectivity index (χ0) is 36.3. The second-order valence-electron chi connectivity index (χ2n) is 14.0. The average Bonchev–Trinajstić information content (AvgIpc) is 3.58. The molecular weight excluding hydrogens is 669 g/mol. The molecule has 9 aromatic carbocycles. The molecule has 11 aromatic rings. The molecule has 0 atom stereocenters. The third-order valence-corrected chi connectivity index (χ3v) is 10.8. The highest BCUT2D eigenvalue weighted by atomic mass is 15.0. The van der Waals surface area contributed by atoms with Crippen LogP contribution in [-0.2, 0) is 0 Å². The van der Waals surface area contributed by atoms with Crippen molar-refractivity contribution in [2.24, 2.45) is 0 Å². The third kappa shape index (κ3) is 5.11. The quantitative estimate of drug-likeness (QED) is 0.168. The van der Waals surface area contributed by atoms with Crippen molar-refractivity contribution < 1.29 is 0 Å². The van der Waals surface area contributed by atoms with Crippen LogP contribution in [-0.4, -0.2) is 19.5 Å². The van der Waals surface area contributed by atoms with Gasteiger partial charge >= 0.3 is 0 Å². The Balaban J connectivity index is 1.18. The summed E-state index contributed by atoms with van der Waals surface area (Å²) in [5.41, 5.74) is 8.54. The van der Waals surface area contributed by atoms with Crippen LogP contribution in [0.2, 0.25) is 0 Å². The van der Waals surface area contributed by atoms with E-state index in [-0.39, 0.29) is 0 Å². The molecule has 2 aromatic heterocycles. The maximum absolute atomic E-state index is 5.27. The molecule has 0 bridgehead atoms. The maximum atomic E-state index is 5.27. The lowest BCUT2D eigenvalue weighted by Crippen LogP contribution is -2.02. The van der Waals surface area contributed by atoms with Crippen molar-refractivity contribution in [3.8, 4) is 51.0 Å². The Morgan fingerprint density at radius 1 is 0.291 bits per heavy atom. The van der Waals surface area contributed by atoms with Gasteiger partial charge in [0.05, 0.1) is 11.0 Å². The topological polar surface area (TPSA) is 43.6 Å². The highest BCUT2D eigenvalue weighted by Crippen LogP contribution is 2.44. The van der Waals surface area contributed by atoms with E-state index in [1.807, 2.05) is 36.4 Å². The van der Waals surface area contributed by atoms with Gasteiger partial charge in [-0.25, -0.2) is 15.0 Å². The van der Waals surface area contributed by atoms with E-state index >= 15 is 0 Å². The summed E-state index contributed by atoms with van der Waals surface area (Å²) in [7, 11) is 0. The largest absolute Gasteiger partial charge is 0.309 e. The number of benzene rings is 9. The van der Waals surface area contributed by atoms with Crippen molar-refractivity contribution in [1.29, 1.82) is 0 Å². The lowest BCUT2D eigenvalue weighted by Gasteiger charge is -2.19. The molecule has 0 aliphatic rings.